The number of nitrogens with zero attached hydrogens (tertiary/aromatic N) is 2. The van der Waals surface area contributed by atoms with Gasteiger partial charge in [-0.05, 0) is 12.1 Å². The number of aromatic nitrogens is 2. The van der Waals surface area contributed by atoms with E-state index in [4.69, 9.17) is 9.05 Å². The van der Waals surface area contributed by atoms with Crippen molar-refractivity contribution in [2.45, 2.75) is 6.92 Å². The van der Waals surface area contributed by atoms with E-state index in [1.807, 2.05) is 37.3 Å². The fourth-order valence-electron chi connectivity index (χ4n) is 1.61. The third-order valence-electron chi connectivity index (χ3n) is 2.34. The number of aryl methyl sites for hydroxylation is 1. The van der Waals surface area contributed by atoms with E-state index in [2.05, 4.69) is 10.3 Å². The van der Waals surface area contributed by atoms with E-state index >= 15 is 0 Å². The summed E-state index contributed by atoms with van der Waals surface area (Å²) in [6, 6.07) is 9.83. The van der Waals surface area contributed by atoms with Gasteiger partial charge in [0, 0.05) is 5.56 Å². The molecule has 0 N–H and O–H groups in total. The first-order valence-corrected chi connectivity index (χ1v) is 4.63. The van der Waals surface area contributed by atoms with Gasteiger partial charge in [-0.15, -0.1) is 0 Å². The zero-order valence-electron chi connectivity index (χ0n) is 8.10. The fourth-order valence-corrected chi connectivity index (χ4v) is 1.61. The molecule has 0 aliphatic rings. The minimum atomic E-state index is 0.450. The van der Waals surface area contributed by atoms with E-state index < -0.39 is 0 Å². The molecule has 0 saturated heterocycles. The highest BCUT2D eigenvalue weighted by atomic mass is 16.5. The molecule has 0 aliphatic heterocycles. The first-order chi connectivity index (χ1) is 7.36. The van der Waals surface area contributed by atoms with Crippen molar-refractivity contribution < 1.29 is 9.05 Å². The highest BCUT2D eigenvalue weighted by Gasteiger charge is 2.16. The lowest BCUT2D eigenvalue weighted by Gasteiger charge is -1.93. The zero-order chi connectivity index (χ0) is 10.3. The topological polar surface area (TPSA) is 52.1 Å². The average Bonchev–Trinajstić information content (AvgIpc) is 2.84. The summed E-state index contributed by atoms with van der Waals surface area (Å²) in [5.74, 6) is 0.727. The number of hydrogen-bond donors (Lipinski definition) is 0. The van der Waals surface area contributed by atoms with Crippen molar-refractivity contribution in [3.63, 3.8) is 0 Å². The smallest absolute Gasteiger partial charge is 0.297 e. The molecule has 3 rings (SSSR count). The monoisotopic (exact) mass is 200 g/mol. The zero-order valence-corrected chi connectivity index (χ0v) is 8.10. The highest BCUT2D eigenvalue weighted by Crippen LogP contribution is 2.29. The molecule has 15 heavy (non-hydrogen) atoms. The minimum absolute atomic E-state index is 0.450. The second-order valence-corrected chi connectivity index (χ2v) is 3.32. The Bertz CT molecular complexity index is 595. The molecular formula is C11H8N2O2. The standard InChI is InChI=1S/C11H8N2O2/c1-7-9-10(8-5-3-2-4-6-8)12-15-11(9)13-14-7/h2-6H,1H3. The van der Waals surface area contributed by atoms with Crippen molar-refractivity contribution in [2.75, 3.05) is 0 Å². The van der Waals surface area contributed by atoms with Gasteiger partial charge >= 0.3 is 0 Å². The Hall–Kier alpha value is -2.10. The third kappa shape index (κ3) is 1.15. The third-order valence-corrected chi connectivity index (χ3v) is 2.34. The van der Waals surface area contributed by atoms with Gasteiger partial charge in [-0.25, -0.2) is 0 Å². The molecule has 2 aromatic heterocycles. The van der Waals surface area contributed by atoms with E-state index in [1.54, 1.807) is 0 Å². The van der Waals surface area contributed by atoms with Crippen LogP contribution in [-0.4, -0.2) is 10.3 Å². The molecule has 0 radical (unpaired) electrons. The number of benzene rings is 1. The molecule has 4 heteroatoms. The lowest BCUT2D eigenvalue weighted by atomic mass is 10.1. The van der Waals surface area contributed by atoms with Gasteiger partial charge in [0.25, 0.3) is 5.71 Å². The maximum Gasteiger partial charge on any atom is 0.297 e. The molecule has 0 spiro atoms. The maximum atomic E-state index is 5.07. The summed E-state index contributed by atoms with van der Waals surface area (Å²) in [4.78, 5) is 0. The molecule has 0 atom stereocenters. The highest BCUT2D eigenvalue weighted by molar-refractivity contribution is 5.90. The molecule has 2 heterocycles. The summed E-state index contributed by atoms with van der Waals surface area (Å²) < 4.78 is 10.1. The van der Waals surface area contributed by atoms with E-state index in [0.29, 0.717) is 5.71 Å². The molecule has 0 saturated carbocycles. The van der Waals surface area contributed by atoms with Gasteiger partial charge in [0.05, 0.1) is 0 Å². The summed E-state index contributed by atoms with van der Waals surface area (Å²) in [5, 5.41) is 8.60. The molecule has 0 fully saturated rings. The molecule has 74 valence electrons. The Balaban J connectivity index is 2.31. The van der Waals surface area contributed by atoms with Gasteiger partial charge in [0.2, 0.25) is 0 Å². The van der Waals surface area contributed by atoms with Crippen LogP contribution in [0.4, 0.5) is 0 Å². The van der Waals surface area contributed by atoms with Gasteiger partial charge in [0.1, 0.15) is 16.8 Å². The Labute approximate surface area is 85.5 Å². The van der Waals surface area contributed by atoms with Crippen LogP contribution >= 0.6 is 0 Å². The van der Waals surface area contributed by atoms with E-state index in [9.17, 15) is 0 Å². The van der Waals surface area contributed by atoms with Crippen molar-refractivity contribution in [2.24, 2.45) is 0 Å². The Morgan fingerprint density at radius 2 is 1.80 bits per heavy atom. The van der Waals surface area contributed by atoms with Crippen molar-refractivity contribution in [3.8, 4) is 11.3 Å². The molecule has 1 aromatic carbocycles. The number of hydrogen-bond acceptors (Lipinski definition) is 4. The largest absolute Gasteiger partial charge is 0.357 e. The van der Waals surface area contributed by atoms with E-state index in [-0.39, 0.29) is 0 Å². The lowest BCUT2D eigenvalue weighted by Crippen LogP contribution is -1.77. The van der Waals surface area contributed by atoms with Gasteiger partial charge in [-0.1, -0.05) is 35.5 Å². The van der Waals surface area contributed by atoms with Crippen molar-refractivity contribution in [1.82, 2.24) is 10.3 Å². The lowest BCUT2D eigenvalue weighted by molar-refractivity contribution is 0.369. The fraction of sp³-hybridized carbons (Fsp3) is 0.0909. The quantitative estimate of drug-likeness (QED) is 0.606. The minimum Gasteiger partial charge on any atom is -0.357 e. The van der Waals surface area contributed by atoms with Gasteiger partial charge in [-0.2, -0.15) is 0 Å². The summed E-state index contributed by atoms with van der Waals surface area (Å²) >= 11 is 0. The number of fused-ring (bicyclic) bond motifs is 1. The summed E-state index contributed by atoms with van der Waals surface area (Å²) in [6.07, 6.45) is 0. The Morgan fingerprint density at radius 1 is 1.00 bits per heavy atom. The van der Waals surface area contributed by atoms with Gasteiger partial charge in [0.15, 0.2) is 0 Å². The summed E-state index contributed by atoms with van der Waals surface area (Å²) in [7, 11) is 0. The van der Waals surface area contributed by atoms with Crippen molar-refractivity contribution >= 4 is 11.1 Å². The molecular weight excluding hydrogens is 192 g/mol. The summed E-state index contributed by atoms with van der Waals surface area (Å²) in [5.41, 5.74) is 2.23. The number of rotatable bonds is 1. The van der Waals surface area contributed by atoms with E-state index in [1.165, 1.54) is 0 Å². The Kier molecular flexibility index (Phi) is 1.62. The predicted molar refractivity (Wildman–Crippen MR) is 54.2 cm³/mol. The average molecular weight is 200 g/mol. The molecule has 0 aliphatic carbocycles. The summed E-state index contributed by atoms with van der Waals surface area (Å²) in [6.45, 7) is 1.85. The van der Waals surface area contributed by atoms with Crippen LogP contribution in [0.3, 0.4) is 0 Å². The second kappa shape index (κ2) is 2.95. The molecule has 0 amide bonds. The van der Waals surface area contributed by atoms with Crippen molar-refractivity contribution in [1.29, 1.82) is 0 Å². The maximum absolute atomic E-state index is 5.07. The Morgan fingerprint density at radius 3 is 2.60 bits per heavy atom. The first-order valence-electron chi connectivity index (χ1n) is 4.63. The van der Waals surface area contributed by atoms with Crippen LogP contribution in [0.1, 0.15) is 5.76 Å². The van der Waals surface area contributed by atoms with Gasteiger partial charge in [-0.3, -0.25) is 0 Å². The van der Waals surface area contributed by atoms with E-state index in [0.717, 1.165) is 22.4 Å². The van der Waals surface area contributed by atoms with Crippen LogP contribution in [0.15, 0.2) is 39.4 Å². The van der Waals surface area contributed by atoms with Gasteiger partial charge < -0.3 is 9.05 Å². The second-order valence-electron chi connectivity index (χ2n) is 3.32. The SMILES string of the molecule is Cc1onc2onc(-c3ccccc3)c12. The molecule has 4 nitrogen and oxygen atoms in total. The van der Waals surface area contributed by atoms with Crippen molar-refractivity contribution in [3.05, 3.63) is 36.1 Å². The molecule has 0 unspecified atom stereocenters. The molecule has 0 bridgehead atoms. The van der Waals surface area contributed by atoms with Crippen LogP contribution in [0.25, 0.3) is 22.4 Å². The van der Waals surface area contributed by atoms with Crippen LogP contribution in [0, 0.1) is 6.92 Å². The van der Waals surface area contributed by atoms with Crippen LogP contribution < -0.4 is 0 Å². The first kappa shape index (κ1) is 8.23. The normalized spacial score (nSPS) is 11.0. The van der Waals surface area contributed by atoms with Crippen LogP contribution in [-0.2, 0) is 0 Å². The predicted octanol–water partition coefficient (Wildman–Crippen LogP) is 2.79. The molecule has 3 aromatic rings. The van der Waals surface area contributed by atoms with Crippen LogP contribution in [0.2, 0.25) is 0 Å². The van der Waals surface area contributed by atoms with Crippen LogP contribution in [0.5, 0.6) is 0 Å².